The zero-order chi connectivity index (χ0) is 17.3. The van der Waals surface area contributed by atoms with Gasteiger partial charge in [-0.25, -0.2) is 4.98 Å². The molecular weight excluding hydrogens is 323 g/mol. The molecule has 1 aromatic rings. The first-order valence-electron chi connectivity index (χ1n) is 8.07. The summed E-state index contributed by atoms with van der Waals surface area (Å²) in [5.74, 6) is 0.357. The first-order chi connectivity index (χ1) is 11.3. The number of cyclic esters (lactones) is 1. The molecule has 0 aliphatic carbocycles. The van der Waals surface area contributed by atoms with Gasteiger partial charge >= 0.3 is 12.1 Å². The smallest absolute Gasteiger partial charge is 0.417 e. The van der Waals surface area contributed by atoms with Crippen LogP contribution in [-0.2, 0) is 15.7 Å². The number of aromatic nitrogens is 1. The minimum absolute atomic E-state index is 0.0570. The predicted molar refractivity (Wildman–Crippen MR) is 81.6 cm³/mol. The van der Waals surface area contributed by atoms with Gasteiger partial charge in [0.1, 0.15) is 18.0 Å². The third kappa shape index (κ3) is 3.63. The van der Waals surface area contributed by atoms with Crippen molar-refractivity contribution in [3.8, 4) is 0 Å². The molecule has 0 spiro atoms. The van der Waals surface area contributed by atoms with Gasteiger partial charge < -0.3 is 9.64 Å². The van der Waals surface area contributed by atoms with Crippen LogP contribution in [0.25, 0.3) is 0 Å². The number of carbonyl (C=O) groups excluding carboxylic acids is 1. The van der Waals surface area contributed by atoms with Gasteiger partial charge in [0.2, 0.25) is 0 Å². The molecule has 8 heteroatoms. The molecule has 0 radical (unpaired) electrons. The average Bonchev–Trinajstić information content (AvgIpc) is 2.74. The van der Waals surface area contributed by atoms with Crippen LogP contribution in [0.1, 0.15) is 25.3 Å². The number of anilines is 1. The molecule has 2 atom stereocenters. The lowest BCUT2D eigenvalue weighted by atomic mass is 10.1. The summed E-state index contributed by atoms with van der Waals surface area (Å²) in [5, 5.41) is 0. The Morgan fingerprint density at radius 1 is 1.21 bits per heavy atom. The number of esters is 1. The number of ether oxygens (including phenoxy) is 1. The van der Waals surface area contributed by atoms with Crippen molar-refractivity contribution in [1.29, 1.82) is 0 Å². The van der Waals surface area contributed by atoms with E-state index < -0.39 is 11.7 Å². The zero-order valence-electron chi connectivity index (χ0n) is 13.4. The molecule has 0 bridgehead atoms. The van der Waals surface area contributed by atoms with E-state index in [2.05, 4.69) is 9.88 Å². The Bertz CT molecular complexity index is 591. The number of carbonyl (C=O) groups is 1. The van der Waals surface area contributed by atoms with Crippen LogP contribution < -0.4 is 4.90 Å². The van der Waals surface area contributed by atoms with Crippen molar-refractivity contribution in [3.05, 3.63) is 23.9 Å². The average molecular weight is 343 g/mol. The molecule has 2 saturated heterocycles. The highest BCUT2D eigenvalue weighted by Gasteiger charge is 2.37. The van der Waals surface area contributed by atoms with Crippen molar-refractivity contribution in [3.63, 3.8) is 0 Å². The van der Waals surface area contributed by atoms with E-state index in [1.165, 1.54) is 6.07 Å². The molecule has 0 saturated carbocycles. The Morgan fingerprint density at radius 2 is 2.00 bits per heavy atom. The molecule has 0 amide bonds. The van der Waals surface area contributed by atoms with Crippen LogP contribution >= 0.6 is 0 Å². The quantitative estimate of drug-likeness (QED) is 0.771. The molecule has 1 aromatic heterocycles. The topological polar surface area (TPSA) is 45.7 Å². The summed E-state index contributed by atoms with van der Waals surface area (Å²) in [6.45, 7) is 4.63. The van der Waals surface area contributed by atoms with Crippen LogP contribution in [-0.4, -0.2) is 54.2 Å². The van der Waals surface area contributed by atoms with Crippen LogP contribution in [0.15, 0.2) is 18.3 Å². The highest BCUT2D eigenvalue weighted by molar-refractivity contribution is 5.78. The van der Waals surface area contributed by atoms with E-state index in [4.69, 9.17) is 4.74 Å². The maximum Gasteiger partial charge on any atom is 0.417 e. The lowest BCUT2D eigenvalue weighted by Crippen LogP contribution is -2.41. The van der Waals surface area contributed by atoms with Crippen LogP contribution in [0.5, 0.6) is 0 Å². The second-order valence-corrected chi connectivity index (χ2v) is 6.28. The summed E-state index contributed by atoms with van der Waals surface area (Å²) in [6.07, 6.45) is -2.05. The van der Waals surface area contributed by atoms with Crippen molar-refractivity contribution >= 4 is 11.8 Å². The van der Waals surface area contributed by atoms with E-state index in [0.717, 1.165) is 25.2 Å². The molecule has 0 unspecified atom stereocenters. The maximum absolute atomic E-state index is 12.6. The Hall–Kier alpha value is -1.83. The SMILES string of the molecule is C[C@@H]1C[C@H](N2CCCN(c3ccc(C(F)(F)F)cn3)CC2)C(=O)O1. The van der Waals surface area contributed by atoms with Crippen molar-refractivity contribution in [2.45, 2.75) is 38.1 Å². The van der Waals surface area contributed by atoms with E-state index >= 15 is 0 Å². The third-order valence-corrected chi connectivity index (χ3v) is 4.52. The molecule has 2 aliphatic heterocycles. The number of hydrogen-bond acceptors (Lipinski definition) is 5. The molecule has 2 aliphatic rings. The Kier molecular flexibility index (Phi) is 4.67. The number of alkyl halides is 3. The number of pyridine rings is 1. The second-order valence-electron chi connectivity index (χ2n) is 6.28. The van der Waals surface area contributed by atoms with E-state index in [1.807, 2.05) is 11.8 Å². The maximum atomic E-state index is 12.6. The first kappa shape index (κ1) is 17.0. The van der Waals surface area contributed by atoms with Gasteiger partial charge in [-0.15, -0.1) is 0 Å². The molecule has 5 nitrogen and oxygen atoms in total. The fourth-order valence-electron chi connectivity index (χ4n) is 3.25. The van der Waals surface area contributed by atoms with Crippen LogP contribution in [0.2, 0.25) is 0 Å². The van der Waals surface area contributed by atoms with Gasteiger partial charge in [-0.2, -0.15) is 13.2 Å². The molecule has 132 valence electrons. The summed E-state index contributed by atoms with van der Waals surface area (Å²) in [6, 6.07) is 2.26. The van der Waals surface area contributed by atoms with Crippen LogP contribution in [0.3, 0.4) is 0 Å². The molecule has 24 heavy (non-hydrogen) atoms. The monoisotopic (exact) mass is 343 g/mol. The predicted octanol–water partition coefficient (Wildman–Crippen LogP) is 2.32. The fraction of sp³-hybridized carbons (Fsp3) is 0.625. The van der Waals surface area contributed by atoms with Crippen molar-refractivity contribution < 1.29 is 22.7 Å². The number of hydrogen-bond donors (Lipinski definition) is 0. The number of rotatable bonds is 2. The normalized spacial score (nSPS) is 26.3. The summed E-state index contributed by atoms with van der Waals surface area (Å²) in [7, 11) is 0. The minimum Gasteiger partial charge on any atom is -0.461 e. The van der Waals surface area contributed by atoms with Gasteiger partial charge in [0, 0.05) is 38.8 Å². The van der Waals surface area contributed by atoms with Gasteiger partial charge in [0.05, 0.1) is 5.56 Å². The molecule has 2 fully saturated rings. The largest absolute Gasteiger partial charge is 0.461 e. The Balaban J connectivity index is 1.64. The highest BCUT2D eigenvalue weighted by Crippen LogP contribution is 2.29. The van der Waals surface area contributed by atoms with Crippen molar-refractivity contribution in [2.24, 2.45) is 0 Å². The molecule has 3 heterocycles. The van der Waals surface area contributed by atoms with E-state index in [-0.39, 0.29) is 18.1 Å². The molecule has 0 N–H and O–H groups in total. The third-order valence-electron chi connectivity index (χ3n) is 4.52. The van der Waals surface area contributed by atoms with E-state index in [1.54, 1.807) is 0 Å². The Labute approximate surface area is 138 Å². The van der Waals surface area contributed by atoms with Crippen LogP contribution in [0, 0.1) is 0 Å². The standard InChI is InChI=1S/C16H20F3N3O2/c1-11-9-13(15(23)24-11)21-5-2-6-22(8-7-21)14-4-3-12(10-20-14)16(17,18)19/h3-4,10-11,13H,2,5-9H2,1H3/t11-,13+/m1/s1. The molecular formula is C16H20F3N3O2. The van der Waals surface area contributed by atoms with E-state index in [0.29, 0.717) is 31.9 Å². The molecule has 0 aromatic carbocycles. The van der Waals surface area contributed by atoms with Crippen LogP contribution in [0.4, 0.5) is 19.0 Å². The lowest BCUT2D eigenvalue weighted by Gasteiger charge is -2.25. The van der Waals surface area contributed by atoms with Crippen molar-refractivity contribution in [2.75, 3.05) is 31.1 Å². The summed E-state index contributed by atoms with van der Waals surface area (Å²) >= 11 is 0. The van der Waals surface area contributed by atoms with E-state index in [9.17, 15) is 18.0 Å². The fourth-order valence-corrected chi connectivity index (χ4v) is 3.25. The second kappa shape index (κ2) is 6.58. The number of halogens is 3. The highest BCUT2D eigenvalue weighted by atomic mass is 19.4. The number of nitrogens with zero attached hydrogens (tertiary/aromatic N) is 3. The first-order valence-corrected chi connectivity index (χ1v) is 8.07. The summed E-state index contributed by atoms with van der Waals surface area (Å²) in [5.41, 5.74) is -0.745. The van der Waals surface area contributed by atoms with Gasteiger partial charge in [-0.3, -0.25) is 9.69 Å². The van der Waals surface area contributed by atoms with Gasteiger partial charge in [-0.05, 0) is 25.5 Å². The van der Waals surface area contributed by atoms with Gasteiger partial charge in [0.25, 0.3) is 0 Å². The molecule has 3 rings (SSSR count). The Morgan fingerprint density at radius 3 is 2.58 bits per heavy atom. The van der Waals surface area contributed by atoms with Crippen molar-refractivity contribution in [1.82, 2.24) is 9.88 Å². The minimum atomic E-state index is -4.37. The summed E-state index contributed by atoms with van der Waals surface area (Å²) < 4.78 is 43.1. The zero-order valence-corrected chi connectivity index (χ0v) is 13.4. The lowest BCUT2D eigenvalue weighted by molar-refractivity contribution is -0.144. The van der Waals surface area contributed by atoms with Gasteiger partial charge in [-0.1, -0.05) is 0 Å². The van der Waals surface area contributed by atoms with Gasteiger partial charge in [0.15, 0.2) is 0 Å². The summed E-state index contributed by atoms with van der Waals surface area (Å²) in [4.78, 5) is 19.9.